The van der Waals surface area contributed by atoms with Gasteiger partial charge < -0.3 is 5.32 Å². The van der Waals surface area contributed by atoms with Gasteiger partial charge in [0.2, 0.25) is 5.91 Å². The summed E-state index contributed by atoms with van der Waals surface area (Å²) in [7, 11) is 0. The van der Waals surface area contributed by atoms with Gasteiger partial charge >= 0.3 is 0 Å². The van der Waals surface area contributed by atoms with Crippen LogP contribution in [0.15, 0.2) is 29.1 Å². The molecule has 26 heavy (non-hydrogen) atoms. The minimum Gasteiger partial charge on any atom is -0.324 e. The number of hydrogen-bond acceptors (Lipinski definition) is 5. The fourth-order valence-electron chi connectivity index (χ4n) is 3.26. The van der Waals surface area contributed by atoms with Crippen molar-refractivity contribution in [3.8, 4) is 0 Å². The molecule has 2 heterocycles. The average molecular weight is 372 g/mol. The van der Waals surface area contributed by atoms with Crippen LogP contribution in [0.2, 0.25) is 0 Å². The van der Waals surface area contributed by atoms with Crippen molar-refractivity contribution in [2.45, 2.75) is 32.7 Å². The van der Waals surface area contributed by atoms with Gasteiger partial charge in [-0.1, -0.05) is 12.1 Å². The number of nitrogens with one attached hydrogen (secondary N) is 1. The Labute approximate surface area is 152 Å². The van der Waals surface area contributed by atoms with Gasteiger partial charge in [-0.15, -0.1) is 16.4 Å². The van der Waals surface area contributed by atoms with Crippen molar-refractivity contribution in [3.05, 3.63) is 50.9 Å². The molecule has 1 amide bonds. The second kappa shape index (κ2) is 6.60. The number of anilines is 1. The second-order valence-electron chi connectivity index (χ2n) is 6.64. The highest BCUT2D eigenvalue weighted by atomic mass is 32.1. The third kappa shape index (κ3) is 3.12. The van der Waals surface area contributed by atoms with Crippen LogP contribution in [0.5, 0.6) is 0 Å². The van der Waals surface area contributed by atoms with E-state index in [2.05, 4.69) is 22.6 Å². The number of hydrogen-bond donors (Lipinski definition) is 1. The van der Waals surface area contributed by atoms with Crippen LogP contribution in [0, 0.1) is 11.7 Å². The molecule has 0 radical (unpaired) electrons. The molecule has 0 saturated heterocycles. The minimum atomic E-state index is -0.412. The Bertz CT molecular complexity index is 1040. The molecule has 8 heteroatoms. The first-order valence-corrected chi connectivity index (χ1v) is 9.26. The molecule has 1 N–H and O–H groups in total. The molecule has 0 fully saturated rings. The number of fused-ring (bicyclic) bond motifs is 3. The van der Waals surface area contributed by atoms with Crippen LogP contribution in [-0.2, 0) is 24.2 Å². The standard InChI is InChI=1S/C18H17FN4O2S/c1-10-2-7-13-14(8-10)26-17-16(13)18(25)23(22-21-17)9-15(24)20-12-5-3-11(19)4-6-12/h3-6,10H,2,7-9H2,1H3,(H,20,24)/t10-/m1/s1. The normalized spacial score (nSPS) is 16.5. The highest BCUT2D eigenvalue weighted by Crippen LogP contribution is 2.35. The van der Waals surface area contributed by atoms with Crippen molar-refractivity contribution in [3.63, 3.8) is 0 Å². The fraction of sp³-hybridized carbons (Fsp3) is 0.333. The van der Waals surface area contributed by atoms with Crippen LogP contribution in [-0.4, -0.2) is 20.9 Å². The predicted molar refractivity (Wildman–Crippen MR) is 97.9 cm³/mol. The number of halogens is 1. The molecule has 0 saturated carbocycles. The summed E-state index contributed by atoms with van der Waals surface area (Å²) in [4.78, 5) is 26.9. The number of nitrogens with zero attached hydrogens (tertiary/aromatic N) is 3. The summed E-state index contributed by atoms with van der Waals surface area (Å²) in [5.41, 5.74) is 1.24. The monoisotopic (exact) mass is 372 g/mol. The van der Waals surface area contributed by atoms with Gasteiger partial charge in [0.15, 0.2) is 4.83 Å². The lowest BCUT2D eigenvalue weighted by molar-refractivity contribution is -0.117. The topological polar surface area (TPSA) is 76.9 Å². The Kier molecular flexibility index (Phi) is 4.28. The Hall–Kier alpha value is -2.61. The smallest absolute Gasteiger partial charge is 0.279 e. The minimum absolute atomic E-state index is 0.236. The van der Waals surface area contributed by atoms with E-state index in [9.17, 15) is 14.0 Å². The Morgan fingerprint density at radius 2 is 2.15 bits per heavy atom. The maximum absolute atomic E-state index is 12.9. The molecule has 1 aromatic carbocycles. The van der Waals surface area contributed by atoms with E-state index in [-0.39, 0.29) is 17.9 Å². The molecule has 3 aromatic rings. The summed E-state index contributed by atoms with van der Waals surface area (Å²) in [6.07, 6.45) is 2.87. The SMILES string of the molecule is C[C@@H]1CCc2c(sc3nnn(CC(=O)Nc4ccc(F)cc4)c(=O)c23)C1. The number of aromatic nitrogens is 3. The fourth-order valence-corrected chi connectivity index (χ4v) is 4.58. The second-order valence-corrected chi connectivity index (χ2v) is 7.72. The summed E-state index contributed by atoms with van der Waals surface area (Å²) in [5.74, 6) is -0.190. The zero-order valence-corrected chi connectivity index (χ0v) is 15.0. The van der Waals surface area contributed by atoms with Gasteiger partial charge in [-0.25, -0.2) is 9.07 Å². The van der Waals surface area contributed by atoms with Crippen molar-refractivity contribution in [2.24, 2.45) is 5.92 Å². The third-order valence-electron chi connectivity index (χ3n) is 4.61. The molecule has 0 bridgehead atoms. The van der Waals surface area contributed by atoms with Crippen LogP contribution in [0.25, 0.3) is 10.2 Å². The van der Waals surface area contributed by atoms with Crippen molar-refractivity contribution in [1.82, 2.24) is 15.0 Å². The number of aryl methyl sites for hydroxylation is 1. The number of thiophene rings is 1. The summed E-state index contributed by atoms with van der Waals surface area (Å²) >= 11 is 1.53. The molecular formula is C18H17FN4O2S. The van der Waals surface area contributed by atoms with Crippen molar-refractivity contribution >= 4 is 33.1 Å². The first-order chi connectivity index (χ1) is 12.5. The Balaban J connectivity index is 1.61. The average Bonchev–Trinajstić information content (AvgIpc) is 2.97. The summed E-state index contributed by atoms with van der Waals surface area (Å²) in [5, 5.41) is 11.3. The highest BCUT2D eigenvalue weighted by molar-refractivity contribution is 7.18. The van der Waals surface area contributed by atoms with E-state index in [4.69, 9.17) is 0 Å². The highest BCUT2D eigenvalue weighted by Gasteiger charge is 2.24. The molecular weight excluding hydrogens is 355 g/mol. The Morgan fingerprint density at radius 1 is 1.38 bits per heavy atom. The lowest BCUT2D eigenvalue weighted by atomic mass is 9.89. The van der Waals surface area contributed by atoms with Crippen LogP contribution in [0.1, 0.15) is 23.8 Å². The first-order valence-electron chi connectivity index (χ1n) is 8.44. The molecule has 1 aliphatic rings. The largest absolute Gasteiger partial charge is 0.324 e. The molecule has 4 rings (SSSR count). The molecule has 6 nitrogen and oxygen atoms in total. The first kappa shape index (κ1) is 16.8. The number of carbonyl (C=O) groups excluding carboxylic acids is 1. The summed E-state index contributed by atoms with van der Waals surface area (Å²) in [6, 6.07) is 5.43. The van der Waals surface area contributed by atoms with Crippen LogP contribution in [0.4, 0.5) is 10.1 Å². The Morgan fingerprint density at radius 3 is 2.92 bits per heavy atom. The van der Waals surface area contributed by atoms with Crippen molar-refractivity contribution in [1.29, 1.82) is 0 Å². The summed E-state index contributed by atoms with van der Waals surface area (Å²) < 4.78 is 14.0. The lowest BCUT2D eigenvalue weighted by Gasteiger charge is -2.17. The number of carbonyl (C=O) groups is 1. The zero-order chi connectivity index (χ0) is 18.3. The van der Waals surface area contributed by atoms with Gasteiger partial charge in [0.05, 0.1) is 5.39 Å². The quantitative estimate of drug-likeness (QED) is 0.767. The maximum atomic E-state index is 12.9. The molecule has 0 unspecified atom stereocenters. The van der Waals surface area contributed by atoms with E-state index >= 15 is 0 Å². The molecule has 1 atom stereocenters. The van der Waals surface area contributed by atoms with E-state index < -0.39 is 5.91 Å². The van der Waals surface area contributed by atoms with Gasteiger partial charge in [0.25, 0.3) is 5.56 Å². The van der Waals surface area contributed by atoms with Gasteiger partial charge in [0.1, 0.15) is 12.4 Å². The van der Waals surface area contributed by atoms with Crippen LogP contribution < -0.4 is 10.9 Å². The molecule has 0 aliphatic heterocycles. The van der Waals surface area contributed by atoms with E-state index in [1.165, 1.54) is 40.5 Å². The number of amides is 1. The van der Waals surface area contributed by atoms with Gasteiger partial charge in [-0.3, -0.25) is 9.59 Å². The van der Waals surface area contributed by atoms with Gasteiger partial charge in [0, 0.05) is 10.6 Å². The predicted octanol–water partition coefficient (Wildman–Crippen LogP) is 2.76. The molecule has 134 valence electrons. The third-order valence-corrected chi connectivity index (χ3v) is 5.74. The van der Waals surface area contributed by atoms with Crippen LogP contribution in [0.3, 0.4) is 0 Å². The molecule has 0 spiro atoms. The zero-order valence-electron chi connectivity index (χ0n) is 14.2. The lowest BCUT2D eigenvalue weighted by Crippen LogP contribution is -2.30. The maximum Gasteiger partial charge on any atom is 0.279 e. The van der Waals surface area contributed by atoms with E-state index in [0.29, 0.717) is 21.8 Å². The van der Waals surface area contributed by atoms with Gasteiger partial charge in [-0.2, -0.15) is 0 Å². The molecule has 1 aliphatic carbocycles. The van der Waals surface area contributed by atoms with E-state index in [1.54, 1.807) is 0 Å². The van der Waals surface area contributed by atoms with Crippen molar-refractivity contribution in [2.75, 3.05) is 5.32 Å². The van der Waals surface area contributed by atoms with E-state index in [0.717, 1.165) is 29.5 Å². The van der Waals surface area contributed by atoms with Crippen molar-refractivity contribution < 1.29 is 9.18 Å². The molecule has 2 aromatic heterocycles. The number of rotatable bonds is 3. The number of benzene rings is 1. The van der Waals surface area contributed by atoms with Gasteiger partial charge in [-0.05, 0) is 55.0 Å². The van der Waals surface area contributed by atoms with Crippen LogP contribution >= 0.6 is 11.3 Å². The van der Waals surface area contributed by atoms with E-state index in [1.807, 2.05) is 0 Å². The summed E-state index contributed by atoms with van der Waals surface area (Å²) in [6.45, 7) is 1.97.